The fraction of sp³-hybridized carbons (Fsp3) is 0.542. The fourth-order valence-electron chi connectivity index (χ4n) is 4.19. The maximum absolute atomic E-state index is 5.56. The molecule has 0 radical (unpaired) electrons. The number of hydrogen-bond acceptors (Lipinski definition) is 6. The summed E-state index contributed by atoms with van der Waals surface area (Å²) >= 11 is 0. The molecule has 1 aromatic carbocycles. The molecule has 8 heteroatoms. The highest BCUT2D eigenvalue weighted by Gasteiger charge is 2.22. The molecule has 0 bridgehead atoms. The number of benzene rings is 1. The molecule has 2 saturated heterocycles. The summed E-state index contributed by atoms with van der Waals surface area (Å²) in [7, 11) is 1.73. The first-order chi connectivity index (χ1) is 15.8. The van der Waals surface area contributed by atoms with Crippen molar-refractivity contribution in [2.45, 2.75) is 6.42 Å². The van der Waals surface area contributed by atoms with Crippen LogP contribution in [0.4, 0.5) is 5.69 Å². The van der Waals surface area contributed by atoms with Crippen molar-refractivity contribution < 1.29 is 13.9 Å². The van der Waals surface area contributed by atoms with E-state index in [1.807, 2.05) is 24.3 Å². The van der Waals surface area contributed by atoms with Crippen LogP contribution in [0.25, 0.3) is 0 Å². The Kier molecular flexibility index (Phi) is 8.28. The standard InChI is InChI=1S/C24H35N5O3/c1-30-23-7-3-2-6-22(23)28-12-14-29(15-13-28)24(25-9-8-21-5-4-18-32-21)26-10-11-27-16-19-31-20-17-27/h2-7,18H,8-17,19-20H2,1H3,(H,25,26). The molecule has 0 spiro atoms. The van der Waals surface area contributed by atoms with Crippen LogP contribution in [0, 0.1) is 0 Å². The van der Waals surface area contributed by atoms with Crippen molar-refractivity contribution in [3.05, 3.63) is 48.4 Å². The maximum Gasteiger partial charge on any atom is 0.194 e. The third-order valence-corrected chi connectivity index (χ3v) is 6.02. The largest absolute Gasteiger partial charge is 0.495 e. The molecule has 4 rings (SSSR count). The minimum absolute atomic E-state index is 0.788. The molecule has 2 aromatic rings. The number of methoxy groups -OCH3 is 1. The number of piperazine rings is 1. The van der Waals surface area contributed by atoms with Gasteiger partial charge in [-0.2, -0.15) is 0 Å². The highest BCUT2D eigenvalue weighted by atomic mass is 16.5. The second-order valence-corrected chi connectivity index (χ2v) is 8.06. The second-order valence-electron chi connectivity index (χ2n) is 8.06. The fourth-order valence-corrected chi connectivity index (χ4v) is 4.19. The average Bonchev–Trinajstić information content (AvgIpc) is 3.37. The lowest BCUT2D eigenvalue weighted by Crippen LogP contribution is -2.53. The maximum atomic E-state index is 5.56. The van der Waals surface area contributed by atoms with Crippen LogP contribution in [0.1, 0.15) is 5.76 Å². The molecule has 8 nitrogen and oxygen atoms in total. The van der Waals surface area contributed by atoms with Gasteiger partial charge in [0.05, 0.1) is 38.8 Å². The van der Waals surface area contributed by atoms with Crippen molar-refractivity contribution >= 4 is 11.6 Å². The smallest absolute Gasteiger partial charge is 0.194 e. The molecule has 2 aliphatic rings. The number of aliphatic imine (C=N–C) groups is 1. The molecule has 2 fully saturated rings. The van der Waals surface area contributed by atoms with Crippen LogP contribution in [-0.4, -0.2) is 95.0 Å². The van der Waals surface area contributed by atoms with Crippen LogP contribution in [0.5, 0.6) is 5.75 Å². The topological polar surface area (TPSA) is 65.7 Å². The molecule has 0 unspecified atom stereocenters. The van der Waals surface area contributed by atoms with E-state index < -0.39 is 0 Å². The van der Waals surface area contributed by atoms with E-state index in [0.29, 0.717) is 0 Å². The Labute approximate surface area is 190 Å². The number of guanidine groups is 1. The summed E-state index contributed by atoms with van der Waals surface area (Å²) < 4.78 is 16.5. The van der Waals surface area contributed by atoms with E-state index >= 15 is 0 Å². The third-order valence-electron chi connectivity index (χ3n) is 6.02. The first-order valence-electron chi connectivity index (χ1n) is 11.6. The van der Waals surface area contributed by atoms with E-state index in [0.717, 1.165) is 102 Å². The summed E-state index contributed by atoms with van der Waals surface area (Å²) in [5, 5.41) is 3.57. The second kappa shape index (κ2) is 11.8. The number of para-hydroxylation sites is 2. The van der Waals surface area contributed by atoms with Crippen molar-refractivity contribution in [2.75, 3.05) is 84.1 Å². The Balaban J connectivity index is 1.34. The van der Waals surface area contributed by atoms with Crippen LogP contribution >= 0.6 is 0 Å². The number of nitrogens with one attached hydrogen (secondary N) is 1. The van der Waals surface area contributed by atoms with Gasteiger partial charge in [0.1, 0.15) is 11.5 Å². The van der Waals surface area contributed by atoms with Gasteiger partial charge in [0, 0.05) is 58.8 Å². The Morgan fingerprint density at radius 2 is 1.84 bits per heavy atom. The van der Waals surface area contributed by atoms with Gasteiger partial charge in [-0.3, -0.25) is 9.89 Å². The minimum Gasteiger partial charge on any atom is -0.495 e. The Morgan fingerprint density at radius 1 is 1.03 bits per heavy atom. The molecule has 0 saturated carbocycles. The summed E-state index contributed by atoms with van der Waals surface area (Å²) in [6.07, 6.45) is 2.57. The minimum atomic E-state index is 0.788. The molecule has 3 heterocycles. The lowest BCUT2D eigenvalue weighted by Gasteiger charge is -2.38. The first kappa shape index (κ1) is 22.5. The number of morpholine rings is 1. The number of nitrogens with zero attached hydrogens (tertiary/aromatic N) is 4. The number of anilines is 1. The SMILES string of the molecule is COc1ccccc1N1CCN(C(=NCCN2CCOCC2)NCCc2ccco2)CC1. The molecular formula is C24H35N5O3. The van der Waals surface area contributed by atoms with E-state index in [1.54, 1.807) is 13.4 Å². The van der Waals surface area contributed by atoms with Crippen LogP contribution in [0.15, 0.2) is 52.1 Å². The van der Waals surface area contributed by atoms with Gasteiger partial charge in [-0.05, 0) is 24.3 Å². The number of furan rings is 1. The Morgan fingerprint density at radius 3 is 2.59 bits per heavy atom. The van der Waals surface area contributed by atoms with Gasteiger partial charge in [0.15, 0.2) is 5.96 Å². The average molecular weight is 442 g/mol. The first-order valence-corrected chi connectivity index (χ1v) is 11.6. The highest BCUT2D eigenvalue weighted by molar-refractivity contribution is 5.80. The molecule has 32 heavy (non-hydrogen) atoms. The van der Waals surface area contributed by atoms with Gasteiger partial charge < -0.3 is 29.0 Å². The molecule has 0 amide bonds. The van der Waals surface area contributed by atoms with E-state index in [9.17, 15) is 0 Å². The third kappa shape index (κ3) is 6.17. The molecule has 1 N–H and O–H groups in total. The van der Waals surface area contributed by atoms with Crippen molar-refractivity contribution in [1.82, 2.24) is 15.1 Å². The summed E-state index contributed by atoms with van der Waals surface area (Å²) in [5.74, 6) is 2.91. The van der Waals surface area contributed by atoms with Crippen LogP contribution in [0.2, 0.25) is 0 Å². The number of hydrogen-bond donors (Lipinski definition) is 1. The van der Waals surface area contributed by atoms with Gasteiger partial charge in [-0.1, -0.05) is 12.1 Å². The Bertz CT molecular complexity index is 828. The zero-order valence-electron chi connectivity index (χ0n) is 19.0. The molecular weight excluding hydrogens is 406 g/mol. The van der Waals surface area contributed by atoms with Gasteiger partial charge in [-0.15, -0.1) is 0 Å². The zero-order valence-corrected chi connectivity index (χ0v) is 19.0. The molecule has 1 aromatic heterocycles. The van der Waals surface area contributed by atoms with Crippen molar-refractivity contribution in [3.63, 3.8) is 0 Å². The zero-order chi connectivity index (χ0) is 22.0. The van der Waals surface area contributed by atoms with Crippen LogP contribution in [-0.2, 0) is 11.2 Å². The summed E-state index contributed by atoms with van der Waals surface area (Å²) in [4.78, 5) is 12.2. The molecule has 2 aliphatic heterocycles. The summed E-state index contributed by atoms with van der Waals surface area (Å²) in [5.41, 5.74) is 1.16. The highest BCUT2D eigenvalue weighted by Crippen LogP contribution is 2.28. The normalized spacial score (nSPS) is 18.1. The monoisotopic (exact) mass is 441 g/mol. The predicted octanol–water partition coefficient (Wildman–Crippen LogP) is 1.93. The van der Waals surface area contributed by atoms with Gasteiger partial charge in [0.25, 0.3) is 0 Å². The van der Waals surface area contributed by atoms with Crippen molar-refractivity contribution in [1.29, 1.82) is 0 Å². The quantitative estimate of drug-likeness (QED) is 0.496. The Hall–Kier alpha value is -2.71. The molecule has 0 aliphatic carbocycles. The van der Waals surface area contributed by atoms with E-state index in [1.165, 1.54) is 0 Å². The van der Waals surface area contributed by atoms with E-state index in [-0.39, 0.29) is 0 Å². The van der Waals surface area contributed by atoms with Crippen molar-refractivity contribution in [3.8, 4) is 5.75 Å². The van der Waals surface area contributed by atoms with Gasteiger partial charge in [-0.25, -0.2) is 0 Å². The number of ether oxygens (including phenoxy) is 2. The van der Waals surface area contributed by atoms with Crippen LogP contribution < -0.4 is 15.0 Å². The molecule has 174 valence electrons. The van der Waals surface area contributed by atoms with Gasteiger partial charge >= 0.3 is 0 Å². The summed E-state index contributed by atoms with van der Waals surface area (Å²) in [6.45, 7) is 9.89. The lowest BCUT2D eigenvalue weighted by atomic mass is 10.2. The van der Waals surface area contributed by atoms with Crippen LogP contribution in [0.3, 0.4) is 0 Å². The van der Waals surface area contributed by atoms with Crippen molar-refractivity contribution in [2.24, 2.45) is 4.99 Å². The lowest BCUT2D eigenvalue weighted by molar-refractivity contribution is 0.0394. The molecule has 0 atom stereocenters. The summed E-state index contributed by atoms with van der Waals surface area (Å²) in [6, 6.07) is 12.2. The predicted molar refractivity (Wildman–Crippen MR) is 127 cm³/mol. The van der Waals surface area contributed by atoms with E-state index in [4.69, 9.17) is 18.9 Å². The number of rotatable bonds is 8. The van der Waals surface area contributed by atoms with E-state index in [2.05, 4.69) is 32.1 Å². The van der Waals surface area contributed by atoms with Gasteiger partial charge in [0.2, 0.25) is 0 Å².